The van der Waals surface area contributed by atoms with Gasteiger partial charge in [-0.1, -0.05) is 12.1 Å². The summed E-state index contributed by atoms with van der Waals surface area (Å²) < 4.78 is 10.2. The summed E-state index contributed by atoms with van der Waals surface area (Å²) in [6, 6.07) is 4.06. The molecule has 0 aliphatic rings. The van der Waals surface area contributed by atoms with E-state index in [0.717, 1.165) is 22.3 Å². The van der Waals surface area contributed by atoms with E-state index in [1.54, 1.807) is 14.2 Å². The number of aliphatic hydroxyl groups excluding tert-OH is 1. The molecule has 0 spiro atoms. The summed E-state index contributed by atoms with van der Waals surface area (Å²) in [5.41, 5.74) is 4.18. The second-order valence-electron chi connectivity index (χ2n) is 3.57. The van der Waals surface area contributed by atoms with Crippen LogP contribution in [-0.2, 0) is 29.3 Å². The zero-order valence-corrected chi connectivity index (χ0v) is 9.54. The van der Waals surface area contributed by atoms with Crippen molar-refractivity contribution in [3.63, 3.8) is 0 Å². The van der Waals surface area contributed by atoms with Gasteiger partial charge in [0.15, 0.2) is 0 Å². The minimum atomic E-state index is 0.0534. The van der Waals surface area contributed by atoms with Crippen LogP contribution in [0.15, 0.2) is 12.1 Å². The van der Waals surface area contributed by atoms with E-state index in [2.05, 4.69) is 0 Å². The number of ether oxygens (including phenoxy) is 2. The Balaban J connectivity index is 3.07. The van der Waals surface area contributed by atoms with E-state index in [1.165, 1.54) is 0 Å². The number of hydrogen-bond acceptors (Lipinski definition) is 3. The lowest BCUT2D eigenvalue weighted by molar-refractivity contribution is 0.177. The Labute approximate surface area is 90.6 Å². The lowest BCUT2D eigenvalue weighted by atomic mass is 9.99. The highest BCUT2D eigenvalue weighted by atomic mass is 16.5. The number of hydrogen-bond donors (Lipinski definition) is 1. The van der Waals surface area contributed by atoms with Crippen molar-refractivity contribution < 1.29 is 14.6 Å². The molecule has 0 heterocycles. The Hall–Kier alpha value is -0.900. The van der Waals surface area contributed by atoms with Gasteiger partial charge >= 0.3 is 0 Å². The topological polar surface area (TPSA) is 38.7 Å². The van der Waals surface area contributed by atoms with Gasteiger partial charge in [0.25, 0.3) is 0 Å². The zero-order valence-electron chi connectivity index (χ0n) is 9.54. The molecular formula is C12H18O3. The van der Waals surface area contributed by atoms with Crippen LogP contribution in [0.3, 0.4) is 0 Å². The van der Waals surface area contributed by atoms with Crippen LogP contribution >= 0.6 is 0 Å². The molecule has 84 valence electrons. The highest BCUT2D eigenvalue weighted by Crippen LogP contribution is 2.19. The van der Waals surface area contributed by atoms with E-state index in [0.29, 0.717) is 13.2 Å². The molecule has 0 saturated heterocycles. The molecular weight excluding hydrogens is 192 g/mol. The SMILES string of the molecule is COCc1cc(C)c(CO)c(COC)c1. The number of rotatable bonds is 5. The van der Waals surface area contributed by atoms with Crippen LogP contribution in [0.2, 0.25) is 0 Å². The van der Waals surface area contributed by atoms with Crippen LogP contribution in [-0.4, -0.2) is 19.3 Å². The van der Waals surface area contributed by atoms with E-state index in [4.69, 9.17) is 9.47 Å². The van der Waals surface area contributed by atoms with E-state index >= 15 is 0 Å². The molecule has 0 aliphatic heterocycles. The average molecular weight is 210 g/mol. The minimum Gasteiger partial charge on any atom is -0.392 e. The van der Waals surface area contributed by atoms with Crippen molar-refractivity contribution in [2.75, 3.05) is 14.2 Å². The molecule has 1 rings (SSSR count). The molecule has 0 aliphatic carbocycles. The van der Waals surface area contributed by atoms with Crippen molar-refractivity contribution in [3.05, 3.63) is 34.4 Å². The van der Waals surface area contributed by atoms with Gasteiger partial charge in [-0.15, -0.1) is 0 Å². The van der Waals surface area contributed by atoms with Gasteiger partial charge in [0, 0.05) is 14.2 Å². The van der Waals surface area contributed by atoms with E-state index in [-0.39, 0.29) is 6.61 Å². The summed E-state index contributed by atoms with van der Waals surface area (Å²) in [5, 5.41) is 9.26. The monoisotopic (exact) mass is 210 g/mol. The van der Waals surface area contributed by atoms with Crippen molar-refractivity contribution >= 4 is 0 Å². The standard InChI is InChI=1S/C12H18O3/c1-9-4-10(7-14-2)5-11(8-15-3)12(9)6-13/h4-5,13H,6-8H2,1-3H3. The van der Waals surface area contributed by atoms with E-state index in [9.17, 15) is 5.11 Å². The maximum absolute atomic E-state index is 9.26. The molecule has 0 aromatic heterocycles. The number of benzene rings is 1. The third kappa shape index (κ3) is 3.02. The molecule has 15 heavy (non-hydrogen) atoms. The Morgan fingerprint density at radius 3 is 2.33 bits per heavy atom. The molecule has 0 atom stereocenters. The Morgan fingerprint density at radius 2 is 1.80 bits per heavy atom. The second kappa shape index (κ2) is 5.85. The van der Waals surface area contributed by atoms with Crippen molar-refractivity contribution in [2.45, 2.75) is 26.7 Å². The Bertz CT molecular complexity index is 321. The van der Waals surface area contributed by atoms with Gasteiger partial charge in [-0.25, -0.2) is 0 Å². The fourth-order valence-corrected chi connectivity index (χ4v) is 1.73. The van der Waals surface area contributed by atoms with Crippen molar-refractivity contribution in [1.82, 2.24) is 0 Å². The van der Waals surface area contributed by atoms with Gasteiger partial charge in [0.1, 0.15) is 0 Å². The lowest BCUT2D eigenvalue weighted by Gasteiger charge is -2.12. The van der Waals surface area contributed by atoms with E-state index < -0.39 is 0 Å². The van der Waals surface area contributed by atoms with E-state index in [1.807, 2.05) is 19.1 Å². The molecule has 1 aromatic carbocycles. The van der Waals surface area contributed by atoms with Gasteiger partial charge in [-0.2, -0.15) is 0 Å². The minimum absolute atomic E-state index is 0.0534. The summed E-state index contributed by atoms with van der Waals surface area (Å²) in [6.45, 7) is 3.15. The fourth-order valence-electron chi connectivity index (χ4n) is 1.73. The van der Waals surface area contributed by atoms with Gasteiger partial charge in [-0.05, 0) is 29.2 Å². The molecule has 3 heteroatoms. The largest absolute Gasteiger partial charge is 0.392 e. The summed E-state index contributed by atoms with van der Waals surface area (Å²) >= 11 is 0. The number of aryl methyl sites for hydroxylation is 1. The first-order valence-corrected chi connectivity index (χ1v) is 4.93. The highest BCUT2D eigenvalue weighted by molar-refractivity contribution is 5.37. The summed E-state index contributed by atoms with van der Waals surface area (Å²) in [5.74, 6) is 0. The lowest BCUT2D eigenvalue weighted by Crippen LogP contribution is -2.02. The molecule has 0 radical (unpaired) electrons. The predicted octanol–water partition coefficient (Wildman–Crippen LogP) is 1.78. The second-order valence-corrected chi connectivity index (χ2v) is 3.57. The Morgan fingerprint density at radius 1 is 1.13 bits per heavy atom. The molecule has 0 saturated carbocycles. The summed E-state index contributed by atoms with van der Waals surface area (Å²) in [7, 11) is 3.32. The maximum Gasteiger partial charge on any atom is 0.0716 e. The normalized spacial score (nSPS) is 10.7. The first kappa shape index (κ1) is 12.2. The van der Waals surface area contributed by atoms with Gasteiger partial charge in [-0.3, -0.25) is 0 Å². The van der Waals surface area contributed by atoms with Gasteiger partial charge < -0.3 is 14.6 Å². The van der Waals surface area contributed by atoms with Crippen molar-refractivity contribution in [3.8, 4) is 0 Å². The van der Waals surface area contributed by atoms with Crippen LogP contribution < -0.4 is 0 Å². The molecule has 0 fully saturated rings. The van der Waals surface area contributed by atoms with Gasteiger partial charge in [0.05, 0.1) is 19.8 Å². The molecule has 0 amide bonds. The molecule has 1 N–H and O–H groups in total. The summed E-state index contributed by atoms with van der Waals surface area (Å²) in [6.07, 6.45) is 0. The average Bonchev–Trinajstić information content (AvgIpc) is 2.18. The van der Waals surface area contributed by atoms with Crippen LogP contribution in [0.1, 0.15) is 22.3 Å². The molecule has 0 unspecified atom stereocenters. The van der Waals surface area contributed by atoms with Crippen LogP contribution in [0, 0.1) is 6.92 Å². The first-order valence-electron chi connectivity index (χ1n) is 4.93. The van der Waals surface area contributed by atoms with Crippen molar-refractivity contribution in [1.29, 1.82) is 0 Å². The molecule has 3 nitrogen and oxygen atoms in total. The third-order valence-corrected chi connectivity index (χ3v) is 2.39. The zero-order chi connectivity index (χ0) is 11.3. The quantitative estimate of drug-likeness (QED) is 0.805. The predicted molar refractivity (Wildman–Crippen MR) is 58.5 cm³/mol. The first-order chi connectivity index (χ1) is 7.22. The highest BCUT2D eigenvalue weighted by Gasteiger charge is 2.07. The molecule has 1 aromatic rings. The van der Waals surface area contributed by atoms with Crippen LogP contribution in [0.5, 0.6) is 0 Å². The molecule has 0 bridgehead atoms. The number of aliphatic hydroxyl groups is 1. The van der Waals surface area contributed by atoms with Crippen LogP contribution in [0.4, 0.5) is 0 Å². The Kier molecular flexibility index (Phi) is 4.75. The third-order valence-electron chi connectivity index (χ3n) is 2.39. The maximum atomic E-state index is 9.26. The fraction of sp³-hybridized carbons (Fsp3) is 0.500. The van der Waals surface area contributed by atoms with Crippen LogP contribution in [0.25, 0.3) is 0 Å². The smallest absolute Gasteiger partial charge is 0.0716 e. The summed E-state index contributed by atoms with van der Waals surface area (Å²) in [4.78, 5) is 0. The number of methoxy groups -OCH3 is 2. The van der Waals surface area contributed by atoms with Gasteiger partial charge in [0.2, 0.25) is 0 Å². The van der Waals surface area contributed by atoms with Crippen molar-refractivity contribution in [2.24, 2.45) is 0 Å².